The maximum absolute atomic E-state index is 13.1. The van der Waals surface area contributed by atoms with Crippen LogP contribution in [0.15, 0.2) is 44.9 Å². The molecule has 6 nitrogen and oxygen atoms in total. The highest BCUT2D eigenvalue weighted by Crippen LogP contribution is 2.42. The predicted octanol–water partition coefficient (Wildman–Crippen LogP) is 3.91. The molecule has 1 fully saturated rings. The lowest BCUT2D eigenvalue weighted by atomic mass is 9.98. The average Bonchev–Trinajstić information content (AvgIpc) is 3.16. The van der Waals surface area contributed by atoms with Crippen molar-refractivity contribution in [2.24, 2.45) is 0 Å². The van der Waals surface area contributed by atoms with E-state index in [9.17, 15) is 4.79 Å². The molecule has 8 heteroatoms. The fourth-order valence-corrected chi connectivity index (χ4v) is 3.68. The van der Waals surface area contributed by atoms with Crippen LogP contribution in [0.2, 0.25) is 0 Å². The van der Waals surface area contributed by atoms with Gasteiger partial charge >= 0.3 is 0 Å². The van der Waals surface area contributed by atoms with Gasteiger partial charge in [0.05, 0.1) is 18.3 Å². The molecule has 25 heavy (non-hydrogen) atoms. The van der Waals surface area contributed by atoms with Gasteiger partial charge in [0.1, 0.15) is 6.33 Å². The summed E-state index contributed by atoms with van der Waals surface area (Å²) < 4.78 is 8.03. The zero-order valence-corrected chi connectivity index (χ0v) is 15.9. The Morgan fingerprint density at radius 1 is 1.40 bits per heavy atom. The van der Waals surface area contributed by atoms with Crippen molar-refractivity contribution in [1.82, 2.24) is 19.9 Å². The fourth-order valence-electron chi connectivity index (χ4n) is 2.80. The number of carbonyl (C=O) groups excluding carboxylic acids is 1. The summed E-state index contributed by atoms with van der Waals surface area (Å²) in [4.78, 5) is 17.3. The van der Waals surface area contributed by atoms with E-state index < -0.39 is 0 Å². The molecule has 0 saturated heterocycles. The van der Waals surface area contributed by atoms with Gasteiger partial charge in [-0.05, 0) is 42.9 Å². The summed E-state index contributed by atoms with van der Waals surface area (Å²) in [5, 5.41) is 8.91. The maximum atomic E-state index is 13.1. The summed E-state index contributed by atoms with van der Waals surface area (Å²) in [6.07, 6.45) is 7.12. The van der Waals surface area contributed by atoms with Gasteiger partial charge in [-0.1, -0.05) is 32.8 Å². The van der Waals surface area contributed by atoms with E-state index in [-0.39, 0.29) is 5.78 Å². The van der Waals surface area contributed by atoms with Crippen molar-refractivity contribution in [1.29, 1.82) is 0 Å². The Kier molecular flexibility index (Phi) is 4.47. The molecule has 128 valence electrons. The second kappa shape index (κ2) is 6.76. The molecule has 2 heterocycles. The van der Waals surface area contributed by atoms with Crippen molar-refractivity contribution in [3.05, 3.63) is 57.6 Å². The molecule has 0 amide bonds. The number of nitrogens with zero attached hydrogens (tertiary/aromatic N) is 4. The van der Waals surface area contributed by atoms with Crippen LogP contribution in [0.4, 0.5) is 0 Å². The summed E-state index contributed by atoms with van der Waals surface area (Å²) in [6.45, 7) is 0.473. The quantitative estimate of drug-likeness (QED) is 0.446. The molecule has 0 N–H and O–H groups in total. The van der Waals surface area contributed by atoms with E-state index in [1.165, 1.54) is 24.3 Å². The summed E-state index contributed by atoms with van der Waals surface area (Å²) >= 11 is 5.01. The minimum Gasteiger partial charge on any atom is -0.360 e. The molecule has 2 aromatic heterocycles. The van der Waals surface area contributed by atoms with Crippen LogP contribution in [0, 0.1) is 0 Å². The molecule has 0 atom stereocenters. The van der Waals surface area contributed by atoms with Crippen molar-refractivity contribution in [3.63, 3.8) is 0 Å². The Balaban J connectivity index is 1.72. The van der Waals surface area contributed by atoms with E-state index in [0.29, 0.717) is 29.3 Å². The van der Waals surface area contributed by atoms with Crippen molar-refractivity contribution < 1.29 is 9.32 Å². The van der Waals surface area contributed by atoms with Crippen LogP contribution in [0.25, 0.3) is 0 Å². The average molecular weight is 419 g/mol. The largest absolute Gasteiger partial charge is 0.360 e. The number of rotatable bonds is 6. The smallest absolute Gasteiger partial charge is 0.198 e. The van der Waals surface area contributed by atoms with Gasteiger partial charge in [-0.15, -0.1) is 0 Å². The minimum absolute atomic E-state index is 0.0588. The van der Waals surface area contributed by atoms with Crippen LogP contribution in [-0.4, -0.2) is 32.0 Å². The van der Waals surface area contributed by atoms with Crippen LogP contribution < -0.4 is 0 Å². The number of hydrogen-bond donors (Lipinski definition) is 0. The molecule has 1 aliphatic carbocycles. The van der Waals surface area contributed by atoms with E-state index >= 15 is 0 Å². The summed E-state index contributed by atoms with van der Waals surface area (Å²) in [6, 6.07) is 5.66. The molecule has 0 aliphatic heterocycles. The lowest BCUT2D eigenvalue weighted by Gasteiger charge is -2.10. The van der Waals surface area contributed by atoms with Crippen LogP contribution in [0.3, 0.4) is 0 Å². The van der Waals surface area contributed by atoms with Gasteiger partial charge < -0.3 is 4.52 Å². The third kappa shape index (κ3) is 3.28. The highest BCUT2D eigenvalue weighted by Gasteiger charge is 2.33. The van der Waals surface area contributed by atoms with Crippen molar-refractivity contribution in [2.45, 2.75) is 30.5 Å². The number of halogens is 1. The van der Waals surface area contributed by atoms with Crippen LogP contribution >= 0.6 is 27.7 Å². The Bertz CT molecular complexity index is 932. The molecule has 0 bridgehead atoms. The molecule has 1 aromatic carbocycles. The number of aromatic nitrogens is 4. The number of benzene rings is 1. The van der Waals surface area contributed by atoms with Gasteiger partial charge in [0, 0.05) is 16.0 Å². The van der Waals surface area contributed by atoms with Gasteiger partial charge in [-0.2, -0.15) is 5.10 Å². The highest BCUT2D eigenvalue weighted by molar-refractivity contribution is 9.10. The Morgan fingerprint density at radius 3 is 3.00 bits per heavy atom. The van der Waals surface area contributed by atoms with Crippen LogP contribution in [0.5, 0.6) is 0 Å². The molecule has 1 aliphatic rings. The number of hydrogen-bond acceptors (Lipinski definition) is 6. The monoisotopic (exact) mass is 418 g/mol. The molecular weight excluding hydrogens is 404 g/mol. The van der Waals surface area contributed by atoms with E-state index in [1.807, 2.05) is 24.5 Å². The maximum Gasteiger partial charge on any atom is 0.198 e. The molecule has 0 unspecified atom stereocenters. The Hall–Kier alpha value is -1.93. The zero-order valence-electron chi connectivity index (χ0n) is 13.5. The van der Waals surface area contributed by atoms with Gasteiger partial charge in [0.2, 0.25) is 0 Å². The Morgan fingerprint density at radius 2 is 2.24 bits per heavy atom. The minimum atomic E-state index is -0.0588. The van der Waals surface area contributed by atoms with Crippen molar-refractivity contribution >= 4 is 33.5 Å². The lowest BCUT2D eigenvalue weighted by Crippen LogP contribution is -2.11. The topological polar surface area (TPSA) is 73.8 Å². The first-order valence-electron chi connectivity index (χ1n) is 7.87. The second-order valence-electron chi connectivity index (χ2n) is 5.91. The highest BCUT2D eigenvalue weighted by atomic mass is 79.9. The first kappa shape index (κ1) is 16.5. The molecule has 0 radical (unpaired) electrons. The van der Waals surface area contributed by atoms with E-state index in [4.69, 9.17) is 4.52 Å². The lowest BCUT2D eigenvalue weighted by molar-refractivity contribution is 0.103. The van der Waals surface area contributed by atoms with Crippen LogP contribution in [0.1, 0.15) is 46.0 Å². The van der Waals surface area contributed by atoms with Gasteiger partial charge in [-0.25, -0.2) is 9.67 Å². The molecule has 3 aromatic rings. The fraction of sp³-hybridized carbons (Fsp3) is 0.294. The first-order valence-corrected chi connectivity index (χ1v) is 9.88. The molecular formula is C17H15BrN4O2S. The molecule has 0 spiro atoms. The summed E-state index contributed by atoms with van der Waals surface area (Å²) in [5.74, 6) is 0.986. The van der Waals surface area contributed by atoms with Crippen molar-refractivity contribution in [2.75, 3.05) is 6.26 Å². The zero-order chi connectivity index (χ0) is 17.4. The van der Waals surface area contributed by atoms with Gasteiger partial charge in [0.15, 0.2) is 16.7 Å². The number of thioether (sulfide) groups is 1. The Labute approximate surface area is 157 Å². The van der Waals surface area contributed by atoms with Gasteiger partial charge in [-0.3, -0.25) is 4.79 Å². The van der Waals surface area contributed by atoms with Crippen LogP contribution in [-0.2, 0) is 6.54 Å². The third-order valence-corrected chi connectivity index (χ3v) is 5.36. The van der Waals surface area contributed by atoms with E-state index in [1.54, 1.807) is 4.68 Å². The van der Waals surface area contributed by atoms with E-state index in [0.717, 1.165) is 28.0 Å². The molecule has 4 rings (SSSR count). The van der Waals surface area contributed by atoms with Gasteiger partial charge in [0.25, 0.3) is 0 Å². The molecule has 1 saturated carbocycles. The standard InChI is InChI=1S/C17H15BrN4O2S/c1-25-17-19-9-20-22(17)8-11-6-12(18)4-5-13(11)15(23)14-7-21-24-16(14)10-2-3-10/h4-7,9-10H,2-3,8H2,1H3. The van der Waals surface area contributed by atoms with E-state index in [2.05, 4.69) is 31.2 Å². The SMILES string of the molecule is CSc1ncnn1Cc1cc(Br)ccc1C(=O)c1cnoc1C1CC1. The third-order valence-electron chi connectivity index (χ3n) is 4.19. The predicted molar refractivity (Wildman–Crippen MR) is 97.0 cm³/mol. The second-order valence-corrected chi connectivity index (χ2v) is 7.60. The van der Waals surface area contributed by atoms with Crippen molar-refractivity contribution in [3.8, 4) is 0 Å². The first-order chi connectivity index (χ1) is 12.2. The summed E-state index contributed by atoms with van der Waals surface area (Å²) in [5.41, 5.74) is 2.08. The number of carbonyl (C=O) groups is 1. The summed E-state index contributed by atoms with van der Waals surface area (Å²) in [7, 11) is 0. The number of ketones is 1. The normalized spacial score (nSPS) is 14.0.